The number of nitrogens with zero attached hydrogens (tertiary/aromatic N) is 2. The summed E-state index contributed by atoms with van der Waals surface area (Å²) in [7, 11) is 3.56. The van der Waals surface area contributed by atoms with Crippen LogP contribution in [0.25, 0.3) is 0 Å². The molecule has 0 bridgehead atoms. The summed E-state index contributed by atoms with van der Waals surface area (Å²) in [6.07, 6.45) is 2.46. The zero-order valence-corrected chi connectivity index (χ0v) is 9.34. The summed E-state index contributed by atoms with van der Waals surface area (Å²) in [5.41, 5.74) is 0.677. The van der Waals surface area contributed by atoms with Gasteiger partial charge in [0.05, 0.1) is 11.0 Å². The highest BCUT2D eigenvalue weighted by atomic mass is 16.6. The lowest BCUT2D eigenvalue weighted by atomic mass is 10.2. The van der Waals surface area contributed by atoms with Gasteiger partial charge < -0.3 is 9.64 Å². The fourth-order valence-electron chi connectivity index (χ4n) is 1.47. The minimum Gasteiger partial charge on any atom is -0.490 e. The van der Waals surface area contributed by atoms with Gasteiger partial charge in [0.2, 0.25) is 0 Å². The highest BCUT2D eigenvalue weighted by Crippen LogP contribution is 2.33. The second-order valence-electron chi connectivity index (χ2n) is 4.12. The Morgan fingerprint density at radius 1 is 1.44 bits per heavy atom. The molecule has 2 rings (SSSR count). The van der Waals surface area contributed by atoms with Gasteiger partial charge in [0, 0.05) is 26.2 Å². The van der Waals surface area contributed by atoms with Crippen molar-refractivity contribution in [2.45, 2.75) is 18.9 Å². The quantitative estimate of drug-likeness (QED) is 0.579. The zero-order valence-electron chi connectivity index (χ0n) is 9.34. The molecule has 16 heavy (non-hydrogen) atoms. The van der Waals surface area contributed by atoms with Crippen LogP contribution in [0, 0.1) is 10.1 Å². The van der Waals surface area contributed by atoms with Gasteiger partial charge in [-0.3, -0.25) is 10.1 Å². The third kappa shape index (κ3) is 2.24. The van der Waals surface area contributed by atoms with E-state index in [1.54, 1.807) is 31.1 Å². The van der Waals surface area contributed by atoms with Gasteiger partial charge in [-0.1, -0.05) is 0 Å². The Labute approximate surface area is 93.8 Å². The Bertz CT molecular complexity index is 414. The van der Waals surface area contributed by atoms with Crippen molar-refractivity contribution < 1.29 is 9.66 Å². The van der Waals surface area contributed by atoms with Gasteiger partial charge in [-0.15, -0.1) is 0 Å². The minimum atomic E-state index is -0.379. The van der Waals surface area contributed by atoms with Gasteiger partial charge in [0.15, 0.2) is 0 Å². The molecule has 5 nitrogen and oxygen atoms in total. The van der Waals surface area contributed by atoms with Crippen molar-refractivity contribution in [3.8, 4) is 5.75 Å². The lowest BCUT2D eigenvalue weighted by Crippen LogP contribution is -2.11. The third-order valence-electron chi connectivity index (χ3n) is 2.45. The Kier molecular flexibility index (Phi) is 2.68. The number of ether oxygens (including phenoxy) is 1. The van der Waals surface area contributed by atoms with E-state index in [4.69, 9.17) is 4.74 Å². The maximum absolute atomic E-state index is 10.8. The number of benzene rings is 1. The van der Waals surface area contributed by atoms with E-state index in [1.807, 2.05) is 0 Å². The molecule has 0 saturated heterocycles. The van der Waals surface area contributed by atoms with Crippen LogP contribution in [0.1, 0.15) is 12.8 Å². The largest absolute Gasteiger partial charge is 0.490 e. The van der Waals surface area contributed by atoms with E-state index in [2.05, 4.69) is 0 Å². The molecule has 0 N–H and O–H groups in total. The van der Waals surface area contributed by atoms with Crippen molar-refractivity contribution in [2.24, 2.45) is 0 Å². The van der Waals surface area contributed by atoms with Crippen LogP contribution in [0.4, 0.5) is 11.4 Å². The summed E-state index contributed by atoms with van der Waals surface area (Å²) in [6, 6.07) is 4.87. The van der Waals surface area contributed by atoms with Gasteiger partial charge in [0.25, 0.3) is 5.69 Å². The van der Waals surface area contributed by atoms with Crippen LogP contribution in [-0.2, 0) is 0 Å². The SMILES string of the molecule is CN(C)c1cc(OC2CC2)ccc1[N+](=O)[O-]. The van der Waals surface area contributed by atoms with Crippen molar-refractivity contribution in [2.75, 3.05) is 19.0 Å². The zero-order chi connectivity index (χ0) is 11.7. The van der Waals surface area contributed by atoms with Gasteiger partial charge in [-0.2, -0.15) is 0 Å². The van der Waals surface area contributed by atoms with E-state index in [-0.39, 0.29) is 10.6 Å². The van der Waals surface area contributed by atoms with Crippen molar-refractivity contribution in [3.63, 3.8) is 0 Å². The molecule has 1 aromatic rings. The lowest BCUT2D eigenvalue weighted by Gasteiger charge is -2.14. The minimum absolute atomic E-state index is 0.105. The summed E-state index contributed by atoms with van der Waals surface area (Å²) in [6.45, 7) is 0. The van der Waals surface area contributed by atoms with Crippen molar-refractivity contribution >= 4 is 11.4 Å². The van der Waals surface area contributed by atoms with Crippen LogP contribution < -0.4 is 9.64 Å². The molecule has 1 saturated carbocycles. The summed E-state index contributed by atoms with van der Waals surface area (Å²) in [5, 5.41) is 10.8. The third-order valence-corrected chi connectivity index (χ3v) is 2.45. The number of anilines is 1. The second kappa shape index (κ2) is 4.00. The van der Waals surface area contributed by atoms with Crippen LogP contribution in [0.5, 0.6) is 5.75 Å². The standard InChI is InChI=1S/C11H14N2O3/c1-12(2)11-7-9(16-8-3-4-8)5-6-10(11)13(14)15/h5-8H,3-4H2,1-2H3. The molecule has 0 radical (unpaired) electrons. The maximum atomic E-state index is 10.8. The fraction of sp³-hybridized carbons (Fsp3) is 0.455. The number of nitro benzene ring substituents is 1. The molecule has 5 heteroatoms. The Hall–Kier alpha value is -1.78. The predicted octanol–water partition coefficient (Wildman–Crippen LogP) is 2.20. The Morgan fingerprint density at radius 3 is 2.62 bits per heavy atom. The normalized spacial score (nSPS) is 14.6. The molecule has 0 aromatic heterocycles. The van der Waals surface area contributed by atoms with Crippen molar-refractivity contribution in [1.29, 1.82) is 0 Å². The summed E-state index contributed by atoms with van der Waals surface area (Å²) in [4.78, 5) is 12.2. The van der Waals surface area contributed by atoms with E-state index in [0.717, 1.165) is 12.8 Å². The van der Waals surface area contributed by atoms with E-state index >= 15 is 0 Å². The first-order valence-electron chi connectivity index (χ1n) is 5.20. The average molecular weight is 222 g/mol. The molecule has 0 atom stereocenters. The van der Waals surface area contributed by atoms with E-state index < -0.39 is 0 Å². The van der Waals surface area contributed by atoms with Crippen molar-refractivity contribution in [1.82, 2.24) is 0 Å². The topological polar surface area (TPSA) is 55.6 Å². The molecule has 1 aromatic carbocycles. The number of rotatable bonds is 4. The molecular formula is C11H14N2O3. The van der Waals surface area contributed by atoms with E-state index in [1.165, 1.54) is 6.07 Å². The molecule has 1 aliphatic carbocycles. The molecule has 0 unspecified atom stereocenters. The summed E-state index contributed by atoms with van der Waals surface area (Å²) in [5.74, 6) is 0.705. The number of nitro groups is 1. The molecule has 1 fully saturated rings. The summed E-state index contributed by atoms with van der Waals surface area (Å²) >= 11 is 0. The van der Waals surface area contributed by atoms with Gasteiger partial charge in [-0.05, 0) is 18.9 Å². The first kappa shape index (κ1) is 10.7. The molecule has 1 aliphatic rings. The van der Waals surface area contributed by atoms with E-state index in [0.29, 0.717) is 17.5 Å². The second-order valence-corrected chi connectivity index (χ2v) is 4.12. The first-order valence-corrected chi connectivity index (χ1v) is 5.20. The van der Waals surface area contributed by atoms with Crippen LogP contribution in [0.3, 0.4) is 0 Å². The van der Waals surface area contributed by atoms with Crippen LogP contribution in [0.15, 0.2) is 18.2 Å². The van der Waals surface area contributed by atoms with Crippen molar-refractivity contribution in [3.05, 3.63) is 28.3 Å². The van der Waals surface area contributed by atoms with Crippen LogP contribution in [0.2, 0.25) is 0 Å². The maximum Gasteiger partial charge on any atom is 0.292 e. The number of hydrogen-bond donors (Lipinski definition) is 0. The van der Waals surface area contributed by atoms with Crippen LogP contribution >= 0.6 is 0 Å². The van der Waals surface area contributed by atoms with Gasteiger partial charge >= 0.3 is 0 Å². The monoisotopic (exact) mass is 222 g/mol. The molecule has 86 valence electrons. The first-order chi connectivity index (χ1) is 7.58. The lowest BCUT2D eigenvalue weighted by molar-refractivity contribution is -0.384. The highest BCUT2D eigenvalue weighted by Gasteiger charge is 2.24. The molecule has 0 spiro atoms. The van der Waals surface area contributed by atoms with E-state index in [9.17, 15) is 10.1 Å². The molecule has 0 amide bonds. The Balaban J connectivity index is 2.30. The Morgan fingerprint density at radius 2 is 2.12 bits per heavy atom. The predicted molar refractivity (Wildman–Crippen MR) is 61.1 cm³/mol. The van der Waals surface area contributed by atoms with Gasteiger partial charge in [0.1, 0.15) is 11.4 Å². The van der Waals surface area contributed by atoms with Crippen LogP contribution in [-0.4, -0.2) is 25.1 Å². The van der Waals surface area contributed by atoms with Gasteiger partial charge in [-0.25, -0.2) is 0 Å². The average Bonchev–Trinajstić information content (AvgIpc) is 3.01. The number of hydrogen-bond acceptors (Lipinski definition) is 4. The molecule has 0 aliphatic heterocycles. The smallest absolute Gasteiger partial charge is 0.292 e. The fourth-order valence-corrected chi connectivity index (χ4v) is 1.47. The molecule has 0 heterocycles. The molecular weight excluding hydrogens is 208 g/mol. The summed E-state index contributed by atoms with van der Waals surface area (Å²) < 4.78 is 5.60. The highest BCUT2D eigenvalue weighted by molar-refractivity contribution is 5.65.